The van der Waals surface area contributed by atoms with E-state index in [1.165, 1.54) is 6.33 Å². The highest BCUT2D eigenvalue weighted by molar-refractivity contribution is 6.05. The van der Waals surface area contributed by atoms with Gasteiger partial charge in [-0.3, -0.25) is 9.36 Å². The molecule has 1 aliphatic rings. The predicted molar refractivity (Wildman–Crippen MR) is 175 cm³/mol. The summed E-state index contributed by atoms with van der Waals surface area (Å²) in [5.74, 6) is 2.09. The van der Waals surface area contributed by atoms with Crippen LogP contribution in [0.1, 0.15) is 28.4 Å². The van der Waals surface area contributed by atoms with Gasteiger partial charge in [-0.15, -0.1) is 0 Å². The number of hydrogen-bond acceptors (Lipinski definition) is 9. The summed E-state index contributed by atoms with van der Waals surface area (Å²) in [7, 11) is 0. The molecule has 1 saturated heterocycles. The van der Waals surface area contributed by atoms with E-state index in [4.69, 9.17) is 0 Å². The van der Waals surface area contributed by atoms with Gasteiger partial charge in [-0.25, -0.2) is 24.3 Å². The number of benzene rings is 2. The lowest BCUT2D eigenvalue weighted by molar-refractivity contribution is 0.102. The SMILES string of the molecule is CCN1CCN(c2cc(CF)cc(C(=O)Nc3ccc(C)c(Nc4nccn4-c4cc(Nc5ccccn5)ncn4)c3)c2)CC1. The van der Waals surface area contributed by atoms with Crippen LogP contribution in [-0.4, -0.2) is 68.0 Å². The Hall–Kier alpha value is -5.36. The van der Waals surface area contributed by atoms with E-state index in [-0.39, 0.29) is 5.91 Å². The van der Waals surface area contributed by atoms with Gasteiger partial charge in [-0.1, -0.05) is 19.1 Å². The fourth-order valence-electron chi connectivity index (χ4n) is 5.24. The van der Waals surface area contributed by atoms with Crippen molar-refractivity contribution in [2.45, 2.75) is 20.5 Å². The van der Waals surface area contributed by atoms with Crippen LogP contribution >= 0.6 is 0 Å². The van der Waals surface area contributed by atoms with Gasteiger partial charge in [0.15, 0.2) is 0 Å². The van der Waals surface area contributed by atoms with Crippen LogP contribution < -0.4 is 20.9 Å². The molecule has 1 amide bonds. The van der Waals surface area contributed by atoms with E-state index in [9.17, 15) is 9.18 Å². The third kappa shape index (κ3) is 7.07. The zero-order valence-corrected chi connectivity index (χ0v) is 25.2. The third-order valence-corrected chi connectivity index (χ3v) is 7.78. The van der Waals surface area contributed by atoms with E-state index in [1.807, 2.05) is 55.5 Å². The molecule has 1 fully saturated rings. The van der Waals surface area contributed by atoms with Crippen molar-refractivity contribution in [1.29, 1.82) is 0 Å². The maximum Gasteiger partial charge on any atom is 0.255 e. The molecule has 6 rings (SSSR count). The molecular weight excluding hydrogens is 571 g/mol. The second kappa shape index (κ2) is 13.5. The van der Waals surface area contributed by atoms with Crippen LogP contribution in [0.15, 0.2) is 85.6 Å². The van der Waals surface area contributed by atoms with Crippen LogP contribution in [0.2, 0.25) is 0 Å². The maximum absolute atomic E-state index is 13.8. The Balaban J connectivity index is 1.18. The normalized spacial score (nSPS) is 13.4. The number of amides is 1. The van der Waals surface area contributed by atoms with Crippen LogP contribution in [0.5, 0.6) is 0 Å². The molecule has 3 aromatic heterocycles. The highest BCUT2D eigenvalue weighted by Crippen LogP contribution is 2.27. The number of nitrogens with one attached hydrogen (secondary N) is 3. The highest BCUT2D eigenvalue weighted by atomic mass is 19.1. The number of aromatic nitrogens is 5. The Labute approximate surface area is 261 Å². The second-order valence-electron chi connectivity index (χ2n) is 10.8. The molecule has 11 nitrogen and oxygen atoms in total. The average molecular weight is 607 g/mol. The number of alkyl halides is 1. The number of piperazine rings is 1. The molecule has 1 aliphatic heterocycles. The van der Waals surface area contributed by atoms with Gasteiger partial charge in [0.2, 0.25) is 5.95 Å². The third-order valence-electron chi connectivity index (χ3n) is 7.78. The van der Waals surface area contributed by atoms with Gasteiger partial charge >= 0.3 is 0 Å². The van der Waals surface area contributed by atoms with Crippen LogP contribution in [0.4, 0.5) is 39.0 Å². The predicted octanol–water partition coefficient (Wildman–Crippen LogP) is 5.72. The molecule has 45 heavy (non-hydrogen) atoms. The quantitative estimate of drug-likeness (QED) is 0.184. The number of aryl methyl sites for hydroxylation is 1. The molecule has 0 atom stereocenters. The number of carbonyl (C=O) groups excluding carboxylic acids is 1. The van der Waals surface area contributed by atoms with Gasteiger partial charge in [0.1, 0.15) is 30.5 Å². The van der Waals surface area contributed by atoms with Crippen molar-refractivity contribution in [2.24, 2.45) is 0 Å². The van der Waals surface area contributed by atoms with E-state index in [2.05, 4.69) is 52.6 Å². The number of imidazole rings is 1. The zero-order valence-electron chi connectivity index (χ0n) is 25.2. The van der Waals surface area contributed by atoms with E-state index in [1.54, 1.807) is 35.3 Å². The van der Waals surface area contributed by atoms with Crippen LogP contribution in [0, 0.1) is 6.92 Å². The number of hydrogen-bond donors (Lipinski definition) is 3. The maximum atomic E-state index is 13.8. The summed E-state index contributed by atoms with van der Waals surface area (Å²) < 4.78 is 15.6. The van der Waals surface area contributed by atoms with Crippen molar-refractivity contribution in [2.75, 3.05) is 53.6 Å². The Morgan fingerprint density at radius 1 is 0.889 bits per heavy atom. The van der Waals surface area contributed by atoms with E-state index in [0.717, 1.165) is 49.7 Å². The van der Waals surface area contributed by atoms with E-state index < -0.39 is 6.67 Å². The van der Waals surface area contributed by atoms with Gasteiger partial charge in [-0.2, -0.15) is 0 Å². The summed E-state index contributed by atoms with van der Waals surface area (Å²) in [6.45, 7) is 8.05. The highest BCUT2D eigenvalue weighted by Gasteiger charge is 2.19. The molecule has 3 N–H and O–H groups in total. The minimum atomic E-state index is -0.638. The summed E-state index contributed by atoms with van der Waals surface area (Å²) >= 11 is 0. The number of halogens is 1. The topological polar surface area (TPSA) is 116 Å². The van der Waals surface area contributed by atoms with Crippen molar-refractivity contribution in [3.8, 4) is 5.82 Å². The van der Waals surface area contributed by atoms with Crippen LogP contribution in [-0.2, 0) is 6.67 Å². The minimum absolute atomic E-state index is 0.302. The van der Waals surface area contributed by atoms with E-state index in [0.29, 0.717) is 40.2 Å². The first-order valence-corrected chi connectivity index (χ1v) is 14.9. The summed E-state index contributed by atoms with van der Waals surface area (Å²) in [6.07, 6.45) is 6.65. The molecule has 0 saturated carbocycles. The molecule has 2 aromatic carbocycles. The monoisotopic (exact) mass is 606 g/mol. The number of carbonyl (C=O) groups is 1. The molecule has 0 aliphatic carbocycles. The summed E-state index contributed by atoms with van der Waals surface area (Å²) in [5.41, 5.74) is 4.08. The summed E-state index contributed by atoms with van der Waals surface area (Å²) in [4.78, 5) is 35.5. The molecule has 0 unspecified atom stereocenters. The fourth-order valence-corrected chi connectivity index (χ4v) is 5.24. The number of anilines is 6. The standard InChI is InChI=1S/C33H35FN10O/c1-3-42-12-14-43(15-13-42)27-17-24(21-34)16-25(18-27)32(45)39-26-8-7-23(2)28(19-26)40-33-36-10-11-44(33)31-20-30(37-22-38-31)41-29-6-4-5-9-35-29/h4-11,16-20,22H,3,12-15,21H2,1-2H3,(H,36,40)(H,39,45)(H,35,37,38,41). The fraction of sp³-hybridized carbons (Fsp3) is 0.242. The lowest BCUT2D eigenvalue weighted by Gasteiger charge is -2.35. The Morgan fingerprint density at radius 3 is 2.53 bits per heavy atom. The van der Waals surface area contributed by atoms with Crippen molar-refractivity contribution in [3.05, 3.63) is 102 Å². The van der Waals surface area contributed by atoms with Crippen molar-refractivity contribution >= 4 is 40.6 Å². The Kier molecular flexibility index (Phi) is 8.92. The summed E-state index contributed by atoms with van der Waals surface area (Å²) in [6, 6.07) is 18.3. The van der Waals surface area contributed by atoms with Crippen molar-refractivity contribution < 1.29 is 9.18 Å². The summed E-state index contributed by atoms with van der Waals surface area (Å²) in [5, 5.41) is 9.53. The first-order chi connectivity index (χ1) is 22.0. The minimum Gasteiger partial charge on any atom is -0.369 e. The van der Waals surface area contributed by atoms with Crippen molar-refractivity contribution in [1.82, 2.24) is 29.4 Å². The van der Waals surface area contributed by atoms with Gasteiger partial charge < -0.3 is 25.8 Å². The van der Waals surface area contributed by atoms with Crippen LogP contribution in [0.3, 0.4) is 0 Å². The first-order valence-electron chi connectivity index (χ1n) is 14.9. The van der Waals surface area contributed by atoms with Gasteiger partial charge in [0, 0.05) is 73.5 Å². The van der Waals surface area contributed by atoms with Gasteiger partial charge in [-0.05, 0) is 67.1 Å². The Bertz CT molecular complexity index is 1770. The average Bonchev–Trinajstić information content (AvgIpc) is 3.55. The zero-order chi connectivity index (χ0) is 31.2. The number of nitrogens with zero attached hydrogens (tertiary/aromatic N) is 7. The number of likely N-dealkylation sites (N-methyl/N-ethyl adjacent to an activating group) is 1. The van der Waals surface area contributed by atoms with E-state index >= 15 is 0 Å². The van der Waals surface area contributed by atoms with Crippen LogP contribution in [0.25, 0.3) is 5.82 Å². The molecule has 0 radical (unpaired) electrons. The molecule has 4 heterocycles. The second-order valence-corrected chi connectivity index (χ2v) is 10.8. The van der Waals surface area contributed by atoms with Crippen molar-refractivity contribution in [3.63, 3.8) is 0 Å². The molecule has 0 bridgehead atoms. The molecular formula is C33H35FN10O. The molecule has 0 spiro atoms. The van der Waals surface area contributed by atoms with Gasteiger partial charge in [0.25, 0.3) is 5.91 Å². The van der Waals surface area contributed by atoms with Gasteiger partial charge in [0.05, 0.1) is 0 Å². The molecule has 12 heteroatoms. The lowest BCUT2D eigenvalue weighted by Crippen LogP contribution is -2.46. The number of rotatable bonds is 10. The Morgan fingerprint density at radius 2 is 1.76 bits per heavy atom. The molecule has 5 aromatic rings. The lowest BCUT2D eigenvalue weighted by atomic mass is 10.1. The first kappa shape index (κ1) is 29.7. The largest absolute Gasteiger partial charge is 0.369 e. The molecule has 230 valence electrons. The smallest absolute Gasteiger partial charge is 0.255 e. The number of pyridine rings is 1.